The minimum absolute atomic E-state index is 0.109. The van der Waals surface area contributed by atoms with Gasteiger partial charge in [-0.3, -0.25) is 0 Å². The van der Waals surface area contributed by atoms with Gasteiger partial charge in [0.25, 0.3) is 0 Å². The van der Waals surface area contributed by atoms with Gasteiger partial charge < -0.3 is 9.47 Å². The van der Waals surface area contributed by atoms with E-state index in [0.29, 0.717) is 28.7 Å². The van der Waals surface area contributed by atoms with E-state index in [1.807, 2.05) is 39.0 Å². The van der Waals surface area contributed by atoms with E-state index in [0.717, 1.165) is 17.5 Å². The number of esters is 1. The van der Waals surface area contributed by atoms with Crippen molar-refractivity contribution in [3.8, 4) is 17.6 Å². The molecule has 0 amide bonds. The molecule has 0 saturated carbocycles. The average molecular weight is 370 g/mol. The van der Waals surface area contributed by atoms with E-state index in [4.69, 9.17) is 21.1 Å². The standard InChI is InChI=1S/C21H20ClNO3/c1-4-9-25-19-8-6-5-7-16(19)12-17(13-23)21(24)26-18-10-14(2)20(22)15(3)11-18/h5-8,10-12H,4,9H2,1-3H3/b17-12+. The Hall–Kier alpha value is -2.77. The molecular formula is C21H20ClNO3. The molecule has 2 rings (SSSR count). The second-order valence-corrected chi connectivity index (χ2v) is 6.19. The lowest BCUT2D eigenvalue weighted by Crippen LogP contribution is -2.10. The van der Waals surface area contributed by atoms with E-state index >= 15 is 0 Å². The van der Waals surface area contributed by atoms with Gasteiger partial charge in [-0.25, -0.2) is 4.79 Å². The van der Waals surface area contributed by atoms with E-state index in [1.54, 1.807) is 24.3 Å². The van der Waals surface area contributed by atoms with Crippen LogP contribution < -0.4 is 9.47 Å². The van der Waals surface area contributed by atoms with Crippen LogP contribution in [-0.4, -0.2) is 12.6 Å². The normalized spacial score (nSPS) is 11.0. The van der Waals surface area contributed by atoms with Crippen molar-refractivity contribution in [2.24, 2.45) is 0 Å². The number of para-hydroxylation sites is 1. The van der Waals surface area contributed by atoms with Crippen molar-refractivity contribution >= 4 is 23.6 Å². The Morgan fingerprint density at radius 1 is 1.23 bits per heavy atom. The predicted octanol–water partition coefficient (Wildman–Crippen LogP) is 5.26. The van der Waals surface area contributed by atoms with Crippen LogP contribution >= 0.6 is 11.6 Å². The fourth-order valence-electron chi connectivity index (χ4n) is 2.36. The number of ether oxygens (including phenoxy) is 2. The number of aryl methyl sites for hydroxylation is 2. The van der Waals surface area contributed by atoms with E-state index in [-0.39, 0.29) is 5.57 Å². The highest BCUT2D eigenvalue weighted by atomic mass is 35.5. The summed E-state index contributed by atoms with van der Waals surface area (Å²) in [5, 5.41) is 10.0. The molecule has 2 aromatic rings. The first-order valence-electron chi connectivity index (χ1n) is 8.28. The Bertz CT molecular complexity index is 858. The van der Waals surface area contributed by atoms with Gasteiger partial charge in [0.15, 0.2) is 0 Å². The van der Waals surface area contributed by atoms with Crippen LogP contribution in [-0.2, 0) is 4.79 Å². The van der Waals surface area contributed by atoms with Crippen LogP contribution in [0.15, 0.2) is 42.0 Å². The summed E-state index contributed by atoms with van der Waals surface area (Å²) in [4.78, 5) is 12.4. The van der Waals surface area contributed by atoms with Gasteiger partial charge in [-0.05, 0) is 55.7 Å². The fourth-order valence-corrected chi connectivity index (χ4v) is 2.47. The minimum atomic E-state index is -0.723. The van der Waals surface area contributed by atoms with Crippen LogP contribution in [0, 0.1) is 25.2 Å². The summed E-state index contributed by atoms with van der Waals surface area (Å²) in [6, 6.07) is 12.5. The summed E-state index contributed by atoms with van der Waals surface area (Å²) >= 11 is 6.12. The fraction of sp³-hybridized carbons (Fsp3) is 0.238. The van der Waals surface area contributed by atoms with Gasteiger partial charge in [-0.2, -0.15) is 5.26 Å². The predicted molar refractivity (Wildman–Crippen MR) is 102 cm³/mol. The first kappa shape index (κ1) is 19.6. The first-order valence-corrected chi connectivity index (χ1v) is 8.66. The maximum absolute atomic E-state index is 12.4. The van der Waals surface area contributed by atoms with E-state index in [9.17, 15) is 10.1 Å². The molecular weight excluding hydrogens is 350 g/mol. The molecule has 26 heavy (non-hydrogen) atoms. The maximum Gasteiger partial charge on any atom is 0.354 e. The van der Waals surface area contributed by atoms with Crippen molar-refractivity contribution < 1.29 is 14.3 Å². The first-order chi connectivity index (χ1) is 12.5. The SMILES string of the molecule is CCCOc1ccccc1/C=C(\C#N)C(=O)Oc1cc(C)c(Cl)c(C)c1. The monoisotopic (exact) mass is 369 g/mol. The van der Waals surface area contributed by atoms with Gasteiger partial charge in [-0.1, -0.05) is 36.7 Å². The topological polar surface area (TPSA) is 59.3 Å². The van der Waals surface area contributed by atoms with Crippen molar-refractivity contribution in [2.45, 2.75) is 27.2 Å². The third-order valence-electron chi connectivity index (χ3n) is 3.64. The highest BCUT2D eigenvalue weighted by Crippen LogP contribution is 2.27. The van der Waals surface area contributed by atoms with Gasteiger partial charge in [0, 0.05) is 10.6 Å². The molecule has 0 aliphatic heterocycles. The summed E-state index contributed by atoms with van der Waals surface area (Å²) in [6.45, 7) is 6.22. The smallest absolute Gasteiger partial charge is 0.354 e. The van der Waals surface area contributed by atoms with Crippen molar-refractivity contribution in [1.29, 1.82) is 5.26 Å². The highest BCUT2D eigenvalue weighted by Gasteiger charge is 2.15. The molecule has 0 aromatic heterocycles. The Labute approximate surface area is 158 Å². The number of nitriles is 1. The zero-order chi connectivity index (χ0) is 19.1. The van der Waals surface area contributed by atoms with Gasteiger partial charge in [0.1, 0.15) is 23.1 Å². The Morgan fingerprint density at radius 2 is 1.88 bits per heavy atom. The van der Waals surface area contributed by atoms with Crippen molar-refractivity contribution in [3.63, 3.8) is 0 Å². The molecule has 134 valence electrons. The number of carbonyl (C=O) groups excluding carboxylic acids is 1. The van der Waals surface area contributed by atoms with Crippen LogP contribution in [0.3, 0.4) is 0 Å². The number of hydrogen-bond acceptors (Lipinski definition) is 4. The second-order valence-electron chi connectivity index (χ2n) is 5.82. The summed E-state index contributed by atoms with van der Waals surface area (Å²) in [5.41, 5.74) is 2.14. The van der Waals surface area contributed by atoms with Gasteiger partial charge in [0.05, 0.1) is 6.61 Å². The molecule has 0 aliphatic rings. The average Bonchev–Trinajstić information content (AvgIpc) is 2.63. The molecule has 0 atom stereocenters. The largest absolute Gasteiger partial charge is 0.493 e. The summed E-state index contributed by atoms with van der Waals surface area (Å²) in [6.07, 6.45) is 2.34. The summed E-state index contributed by atoms with van der Waals surface area (Å²) < 4.78 is 11.0. The van der Waals surface area contributed by atoms with Crippen molar-refractivity contribution in [3.05, 3.63) is 63.7 Å². The van der Waals surface area contributed by atoms with Crippen molar-refractivity contribution in [2.75, 3.05) is 6.61 Å². The van der Waals surface area contributed by atoms with E-state index in [1.165, 1.54) is 6.08 Å². The number of rotatable bonds is 6. The van der Waals surface area contributed by atoms with Crippen LogP contribution in [0.4, 0.5) is 0 Å². The molecule has 0 fully saturated rings. The quantitative estimate of drug-likeness (QED) is 0.301. The number of hydrogen-bond donors (Lipinski definition) is 0. The number of carbonyl (C=O) groups is 1. The van der Waals surface area contributed by atoms with Crippen LogP contribution in [0.25, 0.3) is 6.08 Å². The molecule has 0 unspecified atom stereocenters. The number of benzene rings is 2. The zero-order valence-electron chi connectivity index (χ0n) is 15.0. The molecule has 0 saturated heterocycles. The molecule has 0 bridgehead atoms. The summed E-state index contributed by atoms with van der Waals surface area (Å²) in [7, 11) is 0. The molecule has 0 spiro atoms. The van der Waals surface area contributed by atoms with E-state index in [2.05, 4.69) is 0 Å². The highest BCUT2D eigenvalue weighted by molar-refractivity contribution is 6.32. The number of halogens is 1. The van der Waals surface area contributed by atoms with Gasteiger partial charge >= 0.3 is 5.97 Å². The van der Waals surface area contributed by atoms with E-state index < -0.39 is 5.97 Å². The molecule has 0 heterocycles. The molecule has 5 heteroatoms. The van der Waals surface area contributed by atoms with Crippen molar-refractivity contribution in [1.82, 2.24) is 0 Å². The zero-order valence-corrected chi connectivity index (χ0v) is 15.8. The molecule has 0 N–H and O–H groups in total. The van der Waals surface area contributed by atoms with Crippen LogP contribution in [0.5, 0.6) is 11.5 Å². The third kappa shape index (κ3) is 4.87. The maximum atomic E-state index is 12.4. The number of nitrogens with zero attached hydrogens (tertiary/aromatic N) is 1. The molecule has 0 radical (unpaired) electrons. The van der Waals surface area contributed by atoms with Crippen LogP contribution in [0.2, 0.25) is 5.02 Å². The van der Waals surface area contributed by atoms with Gasteiger partial charge in [-0.15, -0.1) is 0 Å². The lowest BCUT2D eigenvalue weighted by Gasteiger charge is -2.09. The summed E-state index contributed by atoms with van der Waals surface area (Å²) in [5.74, 6) is 0.248. The molecule has 0 aliphatic carbocycles. The van der Waals surface area contributed by atoms with Crippen LogP contribution in [0.1, 0.15) is 30.0 Å². The Balaban J connectivity index is 2.27. The third-order valence-corrected chi connectivity index (χ3v) is 4.24. The second kappa shape index (κ2) is 9.07. The molecule has 4 nitrogen and oxygen atoms in total. The Kier molecular flexibility index (Phi) is 6.82. The lowest BCUT2D eigenvalue weighted by molar-refractivity contribution is -0.129. The minimum Gasteiger partial charge on any atom is -0.493 e. The lowest BCUT2D eigenvalue weighted by atomic mass is 10.1. The molecule has 2 aromatic carbocycles. The Morgan fingerprint density at radius 3 is 2.50 bits per heavy atom. The van der Waals surface area contributed by atoms with Gasteiger partial charge in [0.2, 0.25) is 0 Å².